The van der Waals surface area contributed by atoms with E-state index in [0.717, 1.165) is 10.6 Å². The van der Waals surface area contributed by atoms with Gasteiger partial charge in [-0.2, -0.15) is 0 Å². The average molecular weight is 389 g/mol. The molecule has 1 aliphatic heterocycles. The second kappa shape index (κ2) is 10.5. The number of rotatable bonds is 9. The summed E-state index contributed by atoms with van der Waals surface area (Å²) in [7, 11) is 0. The number of nitrogens with one attached hydrogen (secondary N) is 2. The number of hydrazine groups is 1. The second-order valence-electron chi connectivity index (χ2n) is 7.11. The molecule has 1 fully saturated rings. The summed E-state index contributed by atoms with van der Waals surface area (Å²) in [4.78, 5) is 36.7. The molecule has 28 heavy (non-hydrogen) atoms. The van der Waals surface area contributed by atoms with Crippen LogP contribution in [-0.4, -0.2) is 41.3 Å². The molecule has 1 aromatic carbocycles. The average Bonchev–Trinajstić information content (AvgIpc) is 3.08. The van der Waals surface area contributed by atoms with Gasteiger partial charge in [-0.15, -0.1) is 0 Å². The van der Waals surface area contributed by atoms with Gasteiger partial charge in [0.2, 0.25) is 11.8 Å². The Hall–Kier alpha value is -2.87. The van der Waals surface area contributed by atoms with Crippen molar-refractivity contribution in [2.45, 2.75) is 26.7 Å². The van der Waals surface area contributed by atoms with Crippen LogP contribution in [0, 0.1) is 17.8 Å². The maximum Gasteiger partial charge on any atom is 0.428 e. The minimum Gasteiger partial charge on any atom is -0.446 e. The Morgan fingerprint density at radius 2 is 1.93 bits per heavy atom. The molecule has 1 unspecified atom stereocenters. The summed E-state index contributed by atoms with van der Waals surface area (Å²) in [5.74, 6) is -2.46. The van der Waals surface area contributed by atoms with Gasteiger partial charge in [-0.3, -0.25) is 20.2 Å². The molecule has 1 saturated heterocycles. The van der Waals surface area contributed by atoms with E-state index in [9.17, 15) is 19.6 Å². The van der Waals surface area contributed by atoms with Gasteiger partial charge in [0.05, 0.1) is 18.4 Å². The number of benzene rings is 1. The lowest BCUT2D eigenvalue weighted by Gasteiger charge is -2.27. The molecule has 8 nitrogen and oxygen atoms in total. The Balaban J connectivity index is 2.15. The molecule has 3 amide bonds. The van der Waals surface area contributed by atoms with Crippen molar-refractivity contribution in [3.8, 4) is 0 Å². The standard InChI is InChI=1S/C20H27N3O5/c1-14(2)13-17(18(24)21-23-11-12-28-20(23)26)16(19(25)22-27)10-6-9-15-7-4-3-5-8-15/h3-9,14,16-17,27H,10-13H2,1-2H3,(H,21,24)(H,22,25)/b9-6+/t16?,17-/m1/s1. The quantitative estimate of drug-likeness (QED) is 0.444. The first-order chi connectivity index (χ1) is 13.4. The topological polar surface area (TPSA) is 108 Å². The summed E-state index contributed by atoms with van der Waals surface area (Å²) in [6.45, 7) is 4.34. The predicted molar refractivity (Wildman–Crippen MR) is 103 cm³/mol. The zero-order valence-corrected chi connectivity index (χ0v) is 16.1. The van der Waals surface area contributed by atoms with Crippen molar-refractivity contribution in [2.75, 3.05) is 13.2 Å². The van der Waals surface area contributed by atoms with Gasteiger partial charge in [-0.05, 0) is 24.3 Å². The van der Waals surface area contributed by atoms with Crippen LogP contribution in [0.15, 0.2) is 36.4 Å². The highest BCUT2D eigenvalue weighted by atomic mass is 16.6. The van der Waals surface area contributed by atoms with Crippen LogP contribution in [0.25, 0.3) is 6.08 Å². The van der Waals surface area contributed by atoms with E-state index in [1.807, 2.05) is 50.3 Å². The van der Waals surface area contributed by atoms with Crippen molar-refractivity contribution in [2.24, 2.45) is 17.8 Å². The van der Waals surface area contributed by atoms with E-state index in [0.29, 0.717) is 6.42 Å². The molecule has 3 N–H and O–H groups in total. The molecule has 2 rings (SSSR count). The van der Waals surface area contributed by atoms with Crippen LogP contribution in [0.1, 0.15) is 32.3 Å². The molecule has 0 bridgehead atoms. The summed E-state index contributed by atoms with van der Waals surface area (Å²) >= 11 is 0. The summed E-state index contributed by atoms with van der Waals surface area (Å²) in [5.41, 5.74) is 5.17. The zero-order valence-electron chi connectivity index (χ0n) is 16.1. The Bertz CT molecular complexity index is 705. The van der Waals surface area contributed by atoms with Crippen LogP contribution in [0.5, 0.6) is 0 Å². The molecular weight excluding hydrogens is 362 g/mol. The highest BCUT2D eigenvalue weighted by Gasteiger charge is 2.35. The van der Waals surface area contributed by atoms with E-state index < -0.39 is 29.7 Å². The highest BCUT2D eigenvalue weighted by molar-refractivity contribution is 5.88. The first-order valence-corrected chi connectivity index (χ1v) is 9.32. The number of amides is 3. The number of ether oxygens (including phenoxy) is 1. The van der Waals surface area contributed by atoms with Crippen LogP contribution in [0.3, 0.4) is 0 Å². The monoisotopic (exact) mass is 389 g/mol. The Morgan fingerprint density at radius 1 is 1.21 bits per heavy atom. The molecule has 152 valence electrons. The molecule has 2 atom stereocenters. The molecule has 0 aromatic heterocycles. The van der Waals surface area contributed by atoms with Crippen molar-refractivity contribution in [1.82, 2.24) is 15.9 Å². The van der Waals surface area contributed by atoms with E-state index in [-0.39, 0.29) is 25.5 Å². The number of hydrogen-bond donors (Lipinski definition) is 3. The van der Waals surface area contributed by atoms with Crippen LogP contribution in [-0.2, 0) is 14.3 Å². The number of cyclic esters (lactones) is 1. The molecule has 0 radical (unpaired) electrons. The zero-order chi connectivity index (χ0) is 20.5. The van der Waals surface area contributed by atoms with Crippen molar-refractivity contribution < 1.29 is 24.3 Å². The molecule has 0 saturated carbocycles. The van der Waals surface area contributed by atoms with Gasteiger partial charge >= 0.3 is 6.09 Å². The van der Waals surface area contributed by atoms with Gasteiger partial charge in [0.1, 0.15) is 6.61 Å². The number of allylic oxidation sites excluding steroid dienone is 1. The summed E-state index contributed by atoms with van der Waals surface area (Å²) in [6.07, 6.45) is 3.73. The van der Waals surface area contributed by atoms with Gasteiger partial charge in [-0.25, -0.2) is 15.3 Å². The third kappa shape index (κ3) is 6.09. The van der Waals surface area contributed by atoms with Gasteiger partial charge in [0.25, 0.3) is 0 Å². The summed E-state index contributed by atoms with van der Waals surface area (Å²) < 4.78 is 4.81. The van der Waals surface area contributed by atoms with E-state index in [1.165, 1.54) is 0 Å². The van der Waals surface area contributed by atoms with E-state index in [1.54, 1.807) is 11.6 Å². The minimum absolute atomic E-state index is 0.133. The molecule has 8 heteroatoms. The highest BCUT2D eigenvalue weighted by Crippen LogP contribution is 2.25. The van der Waals surface area contributed by atoms with E-state index >= 15 is 0 Å². The van der Waals surface area contributed by atoms with Crippen LogP contribution < -0.4 is 10.9 Å². The minimum atomic E-state index is -0.786. The second-order valence-corrected chi connectivity index (χ2v) is 7.11. The van der Waals surface area contributed by atoms with E-state index in [2.05, 4.69) is 5.43 Å². The van der Waals surface area contributed by atoms with Crippen molar-refractivity contribution in [3.63, 3.8) is 0 Å². The molecule has 1 heterocycles. The van der Waals surface area contributed by atoms with Gasteiger partial charge in [0, 0.05) is 0 Å². The van der Waals surface area contributed by atoms with Crippen LogP contribution in [0.2, 0.25) is 0 Å². The summed E-state index contributed by atoms with van der Waals surface area (Å²) in [6, 6.07) is 9.57. The first-order valence-electron chi connectivity index (χ1n) is 9.32. The fraction of sp³-hybridized carbons (Fsp3) is 0.450. The SMILES string of the molecule is CC(C)C[C@@H](C(=O)NN1CCOC1=O)C(C/C=C/c1ccccc1)C(=O)NO. The maximum atomic E-state index is 12.8. The lowest BCUT2D eigenvalue weighted by atomic mass is 9.82. The number of hydroxylamine groups is 1. The van der Waals surface area contributed by atoms with Gasteiger partial charge in [0.15, 0.2) is 0 Å². The van der Waals surface area contributed by atoms with Gasteiger partial charge < -0.3 is 4.74 Å². The Labute approximate surface area is 164 Å². The molecule has 1 aliphatic rings. The third-order valence-electron chi connectivity index (χ3n) is 4.50. The normalized spacial score (nSPS) is 16.1. The molecule has 0 aliphatic carbocycles. The number of carbonyl (C=O) groups is 3. The van der Waals surface area contributed by atoms with Crippen molar-refractivity contribution >= 4 is 24.0 Å². The predicted octanol–water partition coefficient (Wildman–Crippen LogP) is 2.36. The van der Waals surface area contributed by atoms with E-state index in [4.69, 9.17) is 4.74 Å². The molecular formula is C20H27N3O5. The van der Waals surface area contributed by atoms with Crippen LogP contribution >= 0.6 is 0 Å². The van der Waals surface area contributed by atoms with Crippen molar-refractivity contribution in [1.29, 1.82) is 0 Å². The number of carbonyl (C=O) groups excluding carboxylic acids is 3. The van der Waals surface area contributed by atoms with Gasteiger partial charge in [-0.1, -0.05) is 56.3 Å². The number of hydrogen-bond acceptors (Lipinski definition) is 5. The smallest absolute Gasteiger partial charge is 0.428 e. The Kier molecular flexibility index (Phi) is 8.01. The lowest BCUT2D eigenvalue weighted by Crippen LogP contribution is -2.49. The fourth-order valence-corrected chi connectivity index (χ4v) is 3.12. The largest absolute Gasteiger partial charge is 0.446 e. The van der Waals surface area contributed by atoms with Crippen LogP contribution in [0.4, 0.5) is 4.79 Å². The molecule has 0 spiro atoms. The molecule has 1 aromatic rings. The number of nitrogens with zero attached hydrogens (tertiary/aromatic N) is 1. The fourth-order valence-electron chi connectivity index (χ4n) is 3.12. The first kappa shape index (κ1) is 21.4. The lowest BCUT2D eigenvalue weighted by molar-refractivity contribution is -0.142. The van der Waals surface area contributed by atoms with Crippen molar-refractivity contribution in [3.05, 3.63) is 42.0 Å². The summed E-state index contributed by atoms with van der Waals surface area (Å²) in [5, 5.41) is 10.3. The Morgan fingerprint density at radius 3 is 2.50 bits per heavy atom. The maximum absolute atomic E-state index is 12.8. The third-order valence-corrected chi connectivity index (χ3v) is 4.50.